The molecule has 0 fully saturated rings. The van der Waals surface area contributed by atoms with Gasteiger partial charge in [0, 0.05) is 24.2 Å². The van der Waals surface area contributed by atoms with Gasteiger partial charge in [0.15, 0.2) is 11.0 Å². The molecule has 1 aliphatic heterocycles. The van der Waals surface area contributed by atoms with Crippen LogP contribution < -0.4 is 4.57 Å². The quantitative estimate of drug-likeness (QED) is 0.394. The Bertz CT molecular complexity index is 1090. The third-order valence-corrected chi connectivity index (χ3v) is 4.09. The summed E-state index contributed by atoms with van der Waals surface area (Å²) in [5.41, 5.74) is 4.58. The highest BCUT2D eigenvalue weighted by atomic mass is 15.2. The summed E-state index contributed by atoms with van der Waals surface area (Å²) >= 11 is 0. The minimum Gasteiger partial charge on any atom is -0.316 e. The zero-order valence-electron chi connectivity index (χ0n) is 13.6. The van der Waals surface area contributed by atoms with Crippen molar-refractivity contribution in [1.82, 2.24) is 14.0 Å². The number of aromatic nitrogens is 4. The molecule has 4 aromatic heterocycles. The van der Waals surface area contributed by atoms with Crippen LogP contribution in [0.25, 0.3) is 27.9 Å². The minimum atomic E-state index is -2.25. The van der Waals surface area contributed by atoms with E-state index in [1.54, 1.807) is 6.20 Å². The molecule has 0 spiro atoms. The van der Waals surface area contributed by atoms with Gasteiger partial charge in [-0.15, -0.1) is 0 Å². The average molecular weight is 264 g/mol. The molecule has 5 heterocycles. The number of fused-ring (bicyclic) bond motifs is 7. The van der Waals surface area contributed by atoms with Crippen molar-refractivity contribution in [2.75, 3.05) is 0 Å². The Labute approximate surface area is 119 Å². The van der Waals surface area contributed by atoms with Crippen molar-refractivity contribution in [3.63, 3.8) is 0 Å². The van der Waals surface area contributed by atoms with Crippen LogP contribution >= 0.6 is 0 Å². The second kappa shape index (κ2) is 3.28. The van der Waals surface area contributed by atoms with Gasteiger partial charge in [0.05, 0.1) is 28.4 Å². The SMILES string of the molecule is [2H]C([2H])([2H])[n+]1c2n(c3cn4ccccc4c31)Cc1cnccc1-2. The fraction of sp³-hybridized carbons (Fsp3) is 0.125. The van der Waals surface area contributed by atoms with Crippen LogP contribution in [-0.2, 0) is 13.5 Å². The van der Waals surface area contributed by atoms with Gasteiger partial charge in [-0.1, -0.05) is 6.07 Å². The summed E-state index contributed by atoms with van der Waals surface area (Å²) < 4.78 is 29.7. The number of hydrogen-bond acceptors (Lipinski definition) is 1. The maximum atomic E-state index is 8.05. The molecule has 0 saturated carbocycles. The molecule has 0 aromatic carbocycles. The van der Waals surface area contributed by atoms with Gasteiger partial charge in [-0.05, 0) is 18.2 Å². The van der Waals surface area contributed by atoms with E-state index in [9.17, 15) is 0 Å². The molecule has 0 bridgehead atoms. The average Bonchev–Trinajstić information content (AvgIpc) is 3.13. The van der Waals surface area contributed by atoms with Crippen molar-refractivity contribution in [3.8, 4) is 11.4 Å². The van der Waals surface area contributed by atoms with Crippen molar-refractivity contribution in [2.45, 2.75) is 6.54 Å². The van der Waals surface area contributed by atoms with Gasteiger partial charge in [0.2, 0.25) is 0 Å². The first-order valence-electron chi connectivity index (χ1n) is 8.03. The van der Waals surface area contributed by atoms with E-state index in [1.807, 2.05) is 47.3 Å². The minimum absolute atomic E-state index is 0.648. The van der Waals surface area contributed by atoms with Gasteiger partial charge in [-0.3, -0.25) is 4.98 Å². The molecule has 0 amide bonds. The highest BCUT2D eigenvalue weighted by Crippen LogP contribution is 2.34. The van der Waals surface area contributed by atoms with E-state index in [1.165, 1.54) is 4.57 Å². The van der Waals surface area contributed by atoms with Crippen LogP contribution in [0.3, 0.4) is 0 Å². The van der Waals surface area contributed by atoms with Crippen LogP contribution in [0, 0.1) is 0 Å². The van der Waals surface area contributed by atoms with E-state index < -0.39 is 6.98 Å². The number of hydrogen-bond donors (Lipinski definition) is 0. The summed E-state index contributed by atoms with van der Waals surface area (Å²) in [6.45, 7) is -1.60. The van der Waals surface area contributed by atoms with Crippen LogP contribution in [0.4, 0.5) is 0 Å². The maximum absolute atomic E-state index is 8.05. The first-order chi connectivity index (χ1) is 11.1. The molecule has 4 aromatic rings. The molecule has 96 valence electrons. The second-order valence-corrected chi connectivity index (χ2v) is 5.13. The van der Waals surface area contributed by atoms with Crippen LogP contribution in [-0.4, -0.2) is 14.0 Å². The Kier molecular flexibility index (Phi) is 1.29. The van der Waals surface area contributed by atoms with Gasteiger partial charge in [0.1, 0.15) is 6.54 Å². The second-order valence-electron chi connectivity index (χ2n) is 5.13. The highest BCUT2D eigenvalue weighted by molar-refractivity contribution is 5.92. The number of imidazole rings is 1. The first kappa shape index (κ1) is 7.85. The predicted molar refractivity (Wildman–Crippen MR) is 76.4 cm³/mol. The van der Waals surface area contributed by atoms with E-state index in [2.05, 4.69) is 9.55 Å². The normalized spacial score (nSPS) is 15.9. The van der Waals surface area contributed by atoms with Gasteiger partial charge >= 0.3 is 0 Å². The van der Waals surface area contributed by atoms with Crippen LogP contribution in [0.2, 0.25) is 0 Å². The van der Waals surface area contributed by atoms with E-state index in [4.69, 9.17) is 4.11 Å². The molecule has 0 N–H and O–H groups in total. The Balaban J connectivity index is 2.01. The fourth-order valence-corrected chi connectivity index (χ4v) is 3.23. The molecule has 0 unspecified atom stereocenters. The number of pyridine rings is 2. The Morgan fingerprint density at radius 1 is 1.30 bits per heavy atom. The first-order valence-corrected chi connectivity index (χ1v) is 6.53. The molecule has 20 heavy (non-hydrogen) atoms. The number of aryl methyl sites for hydroxylation is 1. The predicted octanol–water partition coefficient (Wildman–Crippen LogP) is 2.14. The third-order valence-electron chi connectivity index (χ3n) is 4.09. The molecule has 4 heteroatoms. The highest BCUT2D eigenvalue weighted by Gasteiger charge is 2.34. The summed E-state index contributed by atoms with van der Waals surface area (Å²) in [5, 5.41) is 0. The molecular weight excluding hydrogens is 248 g/mol. The maximum Gasteiger partial charge on any atom is 0.290 e. The van der Waals surface area contributed by atoms with Gasteiger partial charge < -0.3 is 4.40 Å². The lowest BCUT2D eigenvalue weighted by Gasteiger charge is -1.96. The van der Waals surface area contributed by atoms with E-state index >= 15 is 0 Å². The van der Waals surface area contributed by atoms with Crippen molar-refractivity contribution >= 4 is 16.6 Å². The molecule has 0 atom stereocenters. The van der Waals surface area contributed by atoms with E-state index in [-0.39, 0.29) is 0 Å². The molecule has 0 saturated heterocycles. The van der Waals surface area contributed by atoms with Crippen molar-refractivity contribution < 1.29 is 8.68 Å². The molecule has 0 radical (unpaired) electrons. The Morgan fingerprint density at radius 3 is 3.25 bits per heavy atom. The van der Waals surface area contributed by atoms with Crippen LogP contribution in [0.5, 0.6) is 0 Å². The van der Waals surface area contributed by atoms with E-state index in [0.717, 1.165) is 33.5 Å². The molecular formula is C16H13N4+. The van der Waals surface area contributed by atoms with Crippen molar-refractivity contribution in [1.29, 1.82) is 0 Å². The van der Waals surface area contributed by atoms with Crippen LogP contribution in [0.15, 0.2) is 49.1 Å². The molecule has 4 nitrogen and oxygen atoms in total. The summed E-state index contributed by atoms with van der Waals surface area (Å²) in [6.07, 6.45) is 7.46. The fourth-order valence-electron chi connectivity index (χ4n) is 3.23. The Morgan fingerprint density at radius 2 is 2.30 bits per heavy atom. The van der Waals surface area contributed by atoms with Gasteiger partial charge in [0.25, 0.3) is 5.82 Å². The molecule has 1 aliphatic rings. The van der Waals surface area contributed by atoms with Crippen molar-refractivity contribution in [2.24, 2.45) is 6.98 Å². The lowest BCUT2D eigenvalue weighted by Crippen LogP contribution is -2.29. The lowest BCUT2D eigenvalue weighted by atomic mass is 10.2. The molecule has 5 rings (SSSR count). The topological polar surface area (TPSA) is 26.1 Å². The summed E-state index contributed by atoms with van der Waals surface area (Å²) in [4.78, 5) is 4.17. The third kappa shape index (κ3) is 1.04. The smallest absolute Gasteiger partial charge is 0.290 e. The number of nitrogens with zero attached hydrogens (tertiary/aromatic N) is 4. The summed E-state index contributed by atoms with van der Waals surface area (Å²) in [7, 11) is 0. The zero-order chi connectivity index (χ0) is 15.8. The summed E-state index contributed by atoms with van der Waals surface area (Å²) in [6, 6.07) is 7.72. The molecule has 0 aliphatic carbocycles. The summed E-state index contributed by atoms with van der Waals surface area (Å²) in [5.74, 6) is 0.735. The van der Waals surface area contributed by atoms with Crippen molar-refractivity contribution in [3.05, 3.63) is 54.6 Å². The van der Waals surface area contributed by atoms with Gasteiger partial charge in [-0.25, -0.2) is 9.13 Å². The monoisotopic (exact) mass is 264 g/mol. The van der Waals surface area contributed by atoms with Gasteiger partial charge in [-0.2, -0.15) is 0 Å². The largest absolute Gasteiger partial charge is 0.316 e. The lowest BCUT2D eigenvalue weighted by molar-refractivity contribution is -0.633. The Hall–Kier alpha value is -2.62. The zero-order valence-corrected chi connectivity index (χ0v) is 10.6. The van der Waals surface area contributed by atoms with E-state index in [0.29, 0.717) is 6.54 Å². The standard InChI is InChI=1S/C16H13N4/c1-18-15-13-4-2-3-7-19(13)10-14(15)20-9-11-8-17-6-5-12(11)16(18)20/h2-8,10H,9H2,1H3/q+1/i1D3. The van der Waals surface area contributed by atoms with Crippen LogP contribution in [0.1, 0.15) is 9.68 Å². The number of rotatable bonds is 0.